The molecule has 0 bridgehead atoms. The van der Waals surface area contributed by atoms with Crippen molar-refractivity contribution >= 4 is 11.8 Å². The van der Waals surface area contributed by atoms with Crippen molar-refractivity contribution in [1.82, 2.24) is 9.88 Å². The number of carbonyl (C=O) groups excluding carboxylic acids is 2. The van der Waals surface area contributed by atoms with Crippen LogP contribution in [0.3, 0.4) is 0 Å². The summed E-state index contributed by atoms with van der Waals surface area (Å²) in [6.07, 6.45) is -4.56. The summed E-state index contributed by atoms with van der Waals surface area (Å²) in [5.41, 5.74) is 6.68. The zero-order valence-electron chi connectivity index (χ0n) is 11.6. The Labute approximate surface area is 119 Å². The highest BCUT2D eigenvalue weighted by Gasteiger charge is 2.53. The smallest absolute Gasteiger partial charge is 0.369 e. The van der Waals surface area contributed by atoms with Crippen LogP contribution in [0.5, 0.6) is 0 Å². The molecular formula is C13H16F3N3O2. The van der Waals surface area contributed by atoms with Gasteiger partial charge in [0.05, 0.1) is 11.8 Å². The molecule has 8 heteroatoms. The summed E-state index contributed by atoms with van der Waals surface area (Å²) in [4.78, 5) is 27.4. The predicted octanol–water partition coefficient (Wildman–Crippen LogP) is 1.37. The van der Waals surface area contributed by atoms with Gasteiger partial charge in [0, 0.05) is 18.8 Å². The third-order valence-electron chi connectivity index (χ3n) is 3.76. The van der Waals surface area contributed by atoms with Crippen LogP contribution >= 0.6 is 0 Å². The zero-order valence-corrected chi connectivity index (χ0v) is 11.6. The Morgan fingerprint density at radius 1 is 1.33 bits per heavy atom. The zero-order chi connectivity index (χ0) is 15.9. The number of alkyl halides is 3. The molecule has 1 aliphatic rings. The fourth-order valence-electron chi connectivity index (χ4n) is 2.70. The van der Waals surface area contributed by atoms with E-state index in [2.05, 4.69) is 4.98 Å². The van der Waals surface area contributed by atoms with Crippen LogP contribution in [0.1, 0.15) is 21.7 Å². The number of aromatic amines is 1. The van der Waals surface area contributed by atoms with Gasteiger partial charge in [-0.1, -0.05) is 0 Å². The van der Waals surface area contributed by atoms with Crippen LogP contribution in [-0.2, 0) is 4.79 Å². The van der Waals surface area contributed by atoms with Crippen LogP contribution in [0, 0.1) is 25.7 Å². The highest BCUT2D eigenvalue weighted by atomic mass is 19.4. The maximum absolute atomic E-state index is 12.9. The molecule has 2 atom stereocenters. The summed E-state index contributed by atoms with van der Waals surface area (Å²) in [7, 11) is 0. The number of rotatable bonds is 2. The lowest BCUT2D eigenvalue weighted by Gasteiger charge is -2.18. The van der Waals surface area contributed by atoms with Crippen LogP contribution in [0.2, 0.25) is 0 Å². The van der Waals surface area contributed by atoms with Crippen molar-refractivity contribution in [3.8, 4) is 0 Å². The van der Waals surface area contributed by atoms with E-state index in [0.29, 0.717) is 5.56 Å². The molecule has 2 rings (SSSR count). The second kappa shape index (κ2) is 5.09. The van der Waals surface area contributed by atoms with Crippen molar-refractivity contribution in [1.29, 1.82) is 0 Å². The number of nitrogens with one attached hydrogen (secondary N) is 1. The Morgan fingerprint density at radius 3 is 2.33 bits per heavy atom. The quantitative estimate of drug-likeness (QED) is 0.865. The van der Waals surface area contributed by atoms with E-state index in [1.54, 1.807) is 19.9 Å². The van der Waals surface area contributed by atoms with Gasteiger partial charge in [0.15, 0.2) is 0 Å². The van der Waals surface area contributed by atoms with Gasteiger partial charge in [-0.15, -0.1) is 0 Å². The Hall–Kier alpha value is -1.99. The van der Waals surface area contributed by atoms with Gasteiger partial charge in [-0.25, -0.2) is 0 Å². The Morgan fingerprint density at radius 2 is 1.95 bits per heavy atom. The summed E-state index contributed by atoms with van der Waals surface area (Å²) < 4.78 is 38.8. The van der Waals surface area contributed by atoms with E-state index in [1.165, 1.54) is 0 Å². The minimum Gasteiger partial charge on any atom is -0.369 e. The fraction of sp³-hybridized carbons (Fsp3) is 0.538. The maximum atomic E-state index is 12.9. The van der Waals surface area contributed by atoms with Gasteiger partial charge in [0.25, 0.3) is 5.91 Å². The molecule has 1 fully saturated rings. The van der Waals surface area contributed by atoms with E-state index in [9.17, 15) is 22.8 Å². The molecule has 2 amide bonds. The number of aryl methyl sites for hydroxylation is 2. The molecule has 0 aromatic carbocycles. The van der Waals surface area contributed by atoms with Crippen molar-refractivity contribution in [2.45, 2.75) is 20.0 Å². The number of nitrogens with two attached hydrogens (primary N) is 1. The average molecular weight is 303 g/mol. The number of aromatic nitrogens is 1. The standard InChI is InChI=1S/C13H16F3N3O2/c1-6-3-7(2)18-10(6)12(21)19-4-8(11(17)20)9(5-19)13(14,15)16/h3,8-9,18H,4-5H2,1-2H3,(H2,17,20)/t8-,9-/m1/s1. The van der Waals surface area contributed by atoms with Gasteiger partial charge in [-0.05, 0) is 25.5 Å². The van der Waals surface area contributed by atoms with Gasteiger partial charge in [-0.3, -0.25) is 9.59 Å². The van der Waals surface area contributed by atoms with Gasteiger partial charge in [0.2, 0.25) is 5.91 Å². The normalized spacial score (nSPS) is 22.6. The molecule has 116 valence electrons. The van der Waals surface area contributed by atoms with Crippen LogP contribution in [-0.4, -0.2) is 41.0 Å². The molecule has 1 saturated heterocycles. The van der Waals surface area contributed by atoms with E-state index >= 15 is 0 Å². The molecule has 5 nitrogen and oxygen atoms in total. The molecule has 1 aromatic heterocycles. The van der Waals surface area contributed by atoms with E-state index in [-0.39, 0.29) is 12.2 Å². The highest BCUT2D eigenvalue weighted by Crippen LogP contribution is 2.38. The first kappa shape index (κ1) is 15.4. The van der Waals surface area contributed by atoms with E-state index in [0.717, 1.165) is 10.6 Å². The molecule has 0 unspecified atom stereocenters. The second-order valence-electron chi connectivity index (χ2n) is 5.38. The molecule has 0 radical (unpaired) electrons. The Balaban J connectivity index is 2.25. The first-order chi connectivity index (χ1) is 9.61. The summed E-state index contributed by atoms with van der Waals surface area (Å²) in [6.45, 7) is 2.58. The number of nitrogens with zero attached hydrogens (tertiary/aromatic N) is 1. The van der Waals surface area contributed by atoms with Gasteiger partial charge in [-0.2, -0.15) is 13.2 Å². The van der Waals surface area contributed by atoms with E-state index < -0.39 is 36.4 Å². The van der Waals surface area contributed by atoms with Crippen LogP contribution in [0.15, 0.2) is 6.07 Å². The predicted molar refractivity (Wildman–Crippen MR) is 68.4 cm³/mol. The number of hydrogen-bond donors (Lipinski definition) is 2. The van der Waals surface area contributed by atoms with E-state index in [4.69, 9.17) is 5.73 Å². The minimum absolute atomic E-state index is 0.249. The molecular weight excluding hydrogens is 287 g/mol. The summed E-state index contributed by atoms with van der Waals surface area (Å²) in [5.74, 6) is -4.88. The molecule has 1 aromatic rings. The van der Waals surface area contributed by atoms with Crippen molar-refractivity contribution < 1.29 is 22.8 Å². The summed E-state index contributed by atoms with van der Waals surface area (Å²) in [5, 5.41) is 0. The van der Waals surface area contributed by atoms with Gasteiger partial charge < -0.3 is 15.6 Å². The second-order valence-corrected chi connectivity index (χ2v) is 5.38. The number of carbonyl (C=O) groups is 2. The monoisotopic (exact) mass is 303 g/mol. The fourth-order valence-corrected chi connectivity index (χ4v) is 2.70. The largest absolute Gasteiger partial charge is 0.394 e. The highest BCUT2D eigenvalue weighted by molar-refractivity contribution is 5.95. The van der Waals surface area contributed by atoms with Crippen LogP contribution in [0.25, 0.3) is 0 Å². The number of likely N-dealkylation sites (tertiary alicyclic amines) is 1. The van der Waals surface area contributed by atoms with Gasteiger partial charge >= 0.3 is 6.18 Å². The summed E-state index contributed by atoms with van der Waals surface area (Å²) in [6, 6.07) is 1.73. The molecule has 3 N–H and O–H groups in total. The number of hydrogen-bond acceptors (Lipinski definition) is 2. The average Bonchev–Trinajstić information content (AvgIpc) is 2.91. The maximum Gasteiger partial charge on any atom is 0.394 e. The molecule has 0 aliphatic carbocycles. The SMILES string of the molecule is Cc1cc(C)c(C(=O)N2C[C@@H](C(F)(F)F)[C@H](C(N)=O)C2)[nH]1. The molecule has 0 saturated carbocycles. The number of H-pyrrole nitrogens is 1. The number of primary amides is 1. The number of halogens is 3. The Bertz CT molecular complexity index is 580. The van der Waals surface area contributed by atoms with Gasteiger partial charge in [0.1, 0.15) is 5.69 Å². The van der Waals surface area contributed by atoms with Crippen molar-refractivity contribution in [3.05, 3.63) is 23.0 Å². The van der Waals surface area contributed by atoms with Crippen molar-refractivity contribution in [2.75, 3.05) is 13.1 Å². The number of amides is 2. The third kappa shape index (κ3) is 2.88. The van der Waals surface area contributed by atoms with Crippen LogP contribution in [0.4, 0.5) is 13.2 Å². The lowest BCUT2D eigenvalue weighted by Crippen LogP contribution is -2.37. The molecule has 1 aliphatic heterocycles. The molecule has 0 spiro atoms. The summed E-state index contributed by atoms with van der Waals surface area (Å²) >= 11 is 0. The van der Waals surface area contributed by atoms with Crippen LogP contribution < -0.4 is 5.73 Å². The lowest BCUT2D eigenvalue weighted by molar-refractivity contribution is -0.182. The lowest BCUT2D eigenvalue weighted by atomic mass is 9.95. The molecule has 21 heavy (non-hydrogen) atoms. The Kier molecular flexibility index (Phi) is 3.73. The van der Waals surface area contributed by atoms with Crippen molar-refractivity contribution in [2.24, 2.45) is 17.6 Å². The minimum atomic E-state index is -4.56. The molecule has 2 heterocycles. The first-order valence-electron chi connectivity index (χ1n) is 6.42. The van der Waals surface area contributed by atoms with E-state index in [1.807, 2.05) is 0 Å². The topological polar surface area (TPSA) is 79.2 Å². The van der Waals surface area contributed by atoms with Crippen molar-refractivity contribution in [3.63, 3.8) is 0 Å². The first-order valence-corrected chi connectivity index (χ1v) is 6.42. The third-order valence-corrected chi connectivity index (χ3v) is 3.76.